The third-order valence-electron chi connectivity index (χ3n) is 1.60. The second-order valence-corrected chi connectivity index (χ2v) is 3.26. The van der Waals surface area contributed by atoms with Gasteiger partial charge in [-0.15, -0.1) is 0 Å². The SMILES string of the molecule is O=C(CS)OCCOCCOCCOCCO. The van der Waals surface area contributed by atoms with Gasteiger partial charge in [0.25, 0.3) is 0 Å². The zero-order chi connectivity index (χ0) is 12.8. The normalized spacial score (nSPS) is 10.5. The van der Waals surface area contributed by atoms with Crippen molar-refractivity contribution in [1.82, 2.24) is 0 Å². The molecule has 1 N–H and O–H groups in total. The van der Waals surface area contributed by atoms with E-state index in [2.05, 4.69) is 12.6 Å². The zero-order valence-corrected chi connectivity index (χ0v) is 10.7. The van der Waals surface area contributed by atoms with Crippen LogP contribution in [0.5, 0.6) is 0 Å². The first kappa shape index (κ1) is 16.7. The van der Waals surface area contributed by atoms with Crippen molar-refractivity contribution in [3.63, 3.8) is 0 Å². The molecule has 0 fully saturated rings. The Hall–Kier alpha value is -0.340. The molecule has 0 unspecified atom stereocenters. The van der Waals surface area contributed by atoms with E-state index in [1.165, 1.54) is 0 Å². The van der Waals surface area contributed by atoms with E-state index >= 15 is 0 Å². The molecule has 0 aliphatic carbocycles. The van der Waals surface area contributed by atoms with Gasteiger partial charge in [0.15, 0.2) is 0 Å². The van der Waals surface area contributed by atoms with Crippen molar-refractivity contribution in [2.24, 2.45) is 0 Å². The number of ether oxygens (including phenoxy) is 4. The maximum absolute atomic E-state index is 10.7. The summed E-state index contributed by atoms with van der Waals surface area (Å²) >= 11 is 3.76. The Morgan fingerprint density at radius 2 is 1.35 bits per heavy atom. The van der Waals surface area contributed by atoms with Gasteiger partial charge in [-0.05, 0) is 0 Å². The minimum atomic E-state index is -0.353. The molecule has 0 aromatic rings. The van der Waals surface area contributed by atoms with E-state index in [1.54, 1.807) is 0 Å². The lowest BCUT2D eigenvalue weighted by atomic mass is 10.7. The molecule has 0 aromatic carbocycles. The minimum Gasteiger partial charge on any atom is -0.463 e. The first-order valence-corrected chi connectivity index (χ1v) is 6.05. The molecule has 0 aliphatic heterocycles. The molecule has 17 heavy (non-hydrogen) atoms. The van der Waals surface area contributed by atoms with Crippen molar-refractivity contribution in [2.45, 2.75) is 0 Å². The highest BCUT2D eigenvalue weighted by atomic mass is 32.1. The summed E-state index contributed by atoms with van der Waals surface area (Å²) < 4.78 is 20.1. The van der Waals surface area contributed by atoms with Crippen LogP contribution in [0.2, 0.25) is 0 Å². The topological polar surface area (TPSA) is 74.2 Å². The molecular formula is C10H20O6S. The molecule has 0 saturated carbocycles. The van der Waals surface area contributed by atoms with E-state index in [0.717, 1.165) is 0 Å². The van der Waals surface area contributed by atoms with Crippen LogP contribution in [-0.4, -0.2) is 69.7 Å². The Balaban J connectivity index is 2.96. The van der Waals surface area contributed by atoms with Crippen molar-refractivity contribution < 1.29 is 28.8 Å². The van der Waals surface area contributed by atoms with Gasteiger partial charge in [-0.25, -0.2) is 0 Å². The van der Waals surface area contributed by atoms with Crippen LogP contribution in [0.1, 0.15) is 0 Å². The van der Waals surface area contributed by atoms with Gasteiger partial charge in [0.1, 0.15) is 6.61 Å². The summed E-state index contributed by atoms with van der Waals surface area (Å²) in [6.07, 6.45) is 0. The van der Waals surface area contributed by atoms with Crippen molar-refractivity contribution >= 4 is 18.6 Å². The molecular weight excluding hydrogens is 248 g/mol. The van der Waals surface area contributed by atoms with Gasteiger partial charge < -0.3 is 24.1 Å². The van der Waals surface area contributed by atoms with Crippen molar-refractivity contribution in [3.05, 3.63) is 0 Å². The maximum Gasteiger partial charge on any atom is 0.315 e. The number of hydrogen-bond donors (Lipinski definition) is 2. The first-order valence-electron chi connectivity index (χ1n) is 5.41. The fourth-order valence-electron chi connectivity index (χ4n) is 0.867. The number of rotatable bonds is 12. The van der Waals surface area contributed by atoms with Gasteiger partial charge in [-0.1, -0.05) is 0 Å². The highest BCUT2D eigenvalue weighted by Gasteiger charge is 1.97. The molecule has 0 radical (unpaired) electrons. The number of carbonyl (C=O) groups is 1. The Morgan fingerprint density at radius 1 is 0.882 bits per heavy atom. The van der Waals surface area contributed by atoms with Crippen LogP contribution in [0.25, 0.3) is 0 Å². The molecule has 102 valence electrons. The van der Waals surface area contributed by atoms with Crippen LogP contribution in [0.4, 0.5) is 0 Å². The maximum atomic E-state index is 10.7. The standard InChI is InChI=1S/C10H20O6S/c11-1-2-13-3-4-14-5-6-15-7-8-16-10(12)9-17/h11,17H,1-9H2. The van der Waals surface area contributed by atoms with E-state index in [9.17, 15) is 4.79 Å². The predicted octanol–water partition coefficient (Wildman–Crippen LogP) is -0.499. The number of thiol groups is 1. The summed E-state index contributed by atoms with van der Waals surface area (Å²) in [6.45, 7) is 2.77. The molecule has 0 aromatic heterocycles. The predicted molar refractivity (Wildman–Crippen MR) is 64.4 cm³/mol. The first-order chi connectivity index (χ1) is 8.31. The molecule has 0 heterocycles. The molecule has 0 atom stereocenters. The van der Waals surface area contributed by atoms with E-state index in [0.29, 0.717) is 39.6 Å². The molecule has 0 saturated heterocycles. The van der Waals surface area contributed by atoms with Crippen molar-refractivity contribution in [3.8, 4) is 0 Å². The average molecular weight is 268 g/mol. The highest BCUT2D eigenvalue weighted by molar-refractivity contribution is 7.81. The zero-order valence-electron chi connectivity index (χ0n) is 9.80. The molecule has 6 nitrogen and oxygen atoms in total. The summed E-state index contributed by atoms with van der Waals surface area (Å²) in [7, 11) is 0. The second-order valence-electron chi connectivity index (χ2n) is 2.94. The molecule has 0 spiro atoms. The van der Waals surface area contributed by atoms with Crippen LogP contribution in [0.3, 0.4) is 0 Å². The summed E-state index contributed by atoms with van der Waals surface area (Å²) in [5.74, 6) is -0.272. The van der Waals surface area contributed by atoms with Gasteiger partial charge in [-0.2, -0.15) is 12.6 Å². The van der Waals surface area contributed by atoms with Gasteiger partial charge in [-0.3, -0.25) is 4.79 Å². The quantitative estimate of drug-likeness (QED) is 0.282. The van der Waals surface area contributed by atoms with Crippen molar-refractivity contribution in [1.29, 1.82) is 0 Å². The molecule has 0 rings (SSSR count). The van der Waals surface area contributed by atoms with Crippen LogP contribution >= 0.6 is 12.6 Å². The van der Waals surface area contributed by atoms with Crippen LogP contribution in [-0.2, 0) is 23.7 Å². The minimum absolute atomic E-state index is 0.0219. The highest BCUT2D eigenvalue weighted by Crippen LogP contribution is 1.84. The van der Waals surface area contributed by atoms with Crippen molar-refractivity contribution in [2.75, 3.05) is 58.6 Å². The summed E-state index contributed by atoms with van der Waals surface area (Å²) in [6, 6.07) is 0. The summed E-state index contributed by atoms with van der Waals surface area (Å²) in [4.78, 5) is 10.7. The number of esters is 1. The lowest BCUT2D eigenvalue weighted by Crippen LogP contribution is -2.14. The monoisotopic (exact) mass is 268 g/mol. The number of aliphatic hydroxyl groups is 1. The van der Waals surface area contributed by atoms with E-state index in [1.807, 2.05) is 0 Å². The van der Waals surface area contributed by atoms with E-state index in [4.69, 9.17) is 24.1 Å². The number of aliphatic hydroxyl groups excluding tert-OH is 1. The van der Waals surface area contributed by atoms with Crippen LogP contribution < -0.4 is 0 Å². The molecule has 7 heteroatoms. The fourth-order valence-corrected chi connectivity index (χ4v) is 0.958. The smallest absolute Gasteiger partial charge is 0.315 e. The Labute approximate surface area is 107 Å². The van der Waals surface area contributed by atoms with Gasteiger partial charge in [0.2, 0.25) is 0 Å². The van der Waals surface area contributed by atoms with E-state index in [-0.39, 0.29) is 24.9 Å². The Bertz CT molecular complexity index is 178. The number of carbonyl (C=O) groups excluding carboxylic acids is 1. The van der Waals surface area contributed by atoms with Gasteiger partial charge in [0, 0.05) is 0 Å². The molecule has 0 amide bonds. The third-order valence-corrected chi connectivity index (χ3v) is 1.86. The third kappa shape index (κ3) is 13.6. The van der Waals surface area contributed by atoms with Crippen LogP contribution in [0, 0.1) is 0 Å². The average Bonchev–Trinajstić information content (AvgIpc) is 2.35. The van der Waals surface area contributed by atoms with Gasteiger partial charge in [0.05, 0.1) is 52.0 Å². The molecule has 0 bridgehead atoms. The number of hydrogen-bond acceptors (Lipinski definition) is 7. The Kier molecular flexibility index (Phi) is 13.4. The van der Waals surface area contributed by atoms with Crippen LogP contribution in [0.15, 0.2) is 0 Å². The Morgan fingerprint density at radius 3 is 1.82 bits per heavy atom. The summed E-state index contributed by atoms with van der Waals surface area (Å²) in [5, 5.41) is 8.42. The van der Waals surface area contributed by atoms with E-state index < -0.39 is 0 Å². The fraction of sp³-hybridized carbons (Fsp3) is 0.900. The lowest BCUT2D eigenvalue weighted by Gasteiger charge is -2.06. The second kappa shape index (κ2) is 13.7. The largest absolute Gasteiger partial charge is 0.463 e. The molecule has 0 aliphatic rings. The van der Waals surface area contributed by atoms with Gasteiger partial charge >= 0.3 is 5.97 Å². The summed E-state index contributed by atoms with van der Waals surface area (Å²) in [5.41, 5.74) is 0. The lowest BCUT2D eigenvalue weighted by molar-refractivity contribution is -0.142.